The molecule has 2 heterocycles. The smallest absolute Gasteiger partial charge is 0.329 e. The van der Waals surface area contributed by atoms with Crippen LogP contribution in [0.4, 0.5) is 0 Å². The molecule has 1 aliphatic rings. The summed E-state index contributed by atoms with van der Waals surface area (Å²) in [6.07, 6.45) is 0. The summed E-state index contributed by atoms with van der Waals surface area (Å²) < 4.78 is 1.96. The standard InChI is InChI=1S/C18H14N2O2/c1-12-6-8-13(9-7-12)15-11-20-16-5-3-2-4-14(16)10-17(20)18(21)22-19-15/h2-10H,11H2,1H3. The number of carbonyl (C=O) groups is 1. The Balaban J connectivity index is 1.85. The zero-order valence-electron chi connectivity index (χ0n) is 12.1. The quantitative estimate of drug-likeness (QED) is 0.644. The summed E-state index contributed by atoms with van der Waals surface area (Å²) in [6, 6.07) is 17.8. The first kappa shape index (κ1) is 12.8. The second kappa shape index (κ2) is 4.84. The van der Waals surface area contributed by atoms with Crippen molar-refractivity contribution in [3.05, 3.63) is 71.4 Å². The number of oxime groups is 1. The summed E-state index contributed by atoms with van der Waals surface area (Å²) >= 11 is 0. The number of benzene rings is 2. The van der Waals surface area contributed by atoms with E-state index in [-0.39, 0.29) is 0 Å². The Kier molecular flexibility index (Phi) is 2.82. The molecule has 0 N–H and O–H groups in total. The van der Waals surface area contributed by atoms with E-state index in [2.05, 4.69) is 5.16 Å². The lowest BCUT2D eigenvalue weighted by molar-refractivity contribution is 0.0513. The van der Waals surface area contributed by atoms with E-state index in [1.807, 2.05) is 66.1 Å². The number of rotatable bonds is 1. The molecule has 0 amide bonds. The Labute approximate surface area is 127 Å². The average Bonchev–Trinajstić information content (AvgIpc) is 2.82. The fourth-order valence-electron chi connectivity index (χ4n) is 2.76. The normalized spacial score (nSPS) is 14.2. The molecule has 1 aromatic heterocycles. The van der Waals surface area contributed by atoms with E-state index in [9.17, 15) is 4.79 Å². The van der Waals surface area contributed by atoms with Gasteiger partial charge in [0.1, 0.15) is 11.4 Å². The van der Waals surface area contributed by atoms with Crippen molar-refractivity contribution in [2.75, 3.05) is 0 Å². The number of hydrogen-bond acceptors (Lipinski definition) is 3. The van der Waals surface area contributed by atoms with Gasteiger partial charge in [-0.1, -0.05) is 53.2 Å². The summed E-state index contributed by atoms with van der Waals surface area (Å²) in [5, 5.41) is 5.07. The molecule has 0 saturated heterocycles. The average molecular weight is 290 g/mol. The van der Waals surface area contributed by atoms with Gasteiger partial charge in [-0.3, -0.25) is 0 Å². The second-order valence-corrected chi connectivity index (χ2v) is 5.46. The zero-order valence-corrected chi connectivity index (χ0v) is 12.1. The van der Waals surface area contributed by atoms with Gasteiger partial charge in [-0.25, -0.2) is 4.79 Å². The number of carbonyl (C=O) groups excluding carboxylic acids is 1. The van der Waals surface area contributed by atoms with E-state index in [1.54, 1.807) is 0 Å². The van der Waals surface area contributed by atoms with Crippen LogP contribution in [0.2, 0.25) is 0 Å². The Morgan fingerprint density at radius 3 is 2.68 bits per heavy atom. The lowest BCUT2D eigenvalue weighted by atomic mass is 10.1. The van der Waals surface area contributed by atoms with Crippen molar-refractivity contribution in [2.45, 2.75) is 13.5 Å². The number of nitrogens with zero attached hydrogens (tertiary/aromatic N) is 2. The number of hydrogen-bond donors (Lipinski definition) is 0. The van der Waals surface area contributed by atoms with Crippen LogP contribution in [0.25, 0.3) is 10.9 Å². The number of aryl methyl sites for hydroxylation is 1. The monoisotopic (exact) mass is 290 g/mol. The van der Waals surface area contributed by atoms with Crippen molar-refractivity contribution < 1.29 is 9.63 Å². The SMILES string of the molecule is Cc1ccc(C2=NOC(=O)c3cc4ccccc4n3C2)cc1. The molecule has 4 rings (SSSR count). The van der Waals surface area contributed by atoms with Gasteiger partial charge < -0.3 is 9.40 Å². The molecule has 0 radical (unpaired) electrons. The van der Waals surface area contributed by atoms with Crippen LogP contribution in [0, 0.1) is 6.92 Å². The highest BCUT2D eigenvalue weighted by atomic mass is 16.7. The lowest BCUT2D eigenvalue weighted by Gasteiger charge is -2.07. The number of para-hydroxylation sites is 1. The molecule has 0 spiro atoms. The van der Waals surface area contributed by atoms with Crippen molar-refractivity contribution in [3.63, 3.8) is 0 Å². The van der Waals surface area contributed by atoms with E-state index in [0.29, 0.717) is 12.2 Å². The zero-order chi connectivity index (χ0) is 15.1. The van der Waals surface area contributed by atoms with E-state index in [1.165, 1.54) is 5.56 Å². The number of aromatic nitrogens is 1. The van der Waals surface area contributed by atoms with Crippen molar-refractivity contribution in [1.82, 2.24) is 4.57 Å². The summed E-state index contributed by atoms with van der Waals surface area (Å²) in [7, 11) is 0. The van der Waals surface area contributed by atoms with Gasteiger partial charge in [0.15, 0.2) is 0 Å². The molecule has 0 saturated carbocycles. The Bertz CT molecular complexity index is 904. The maximum Gasteiger partial charge on any atom is 0.382 e. The van der Waals surface area contributed by atoms with Gasteiger partial charge >= 0.3 is 5.97 Å². The molecule has 0 fully saturated rings. The first-order chi connectivity index (χ1) is 10.7. The third-order valence-electron chi connectivity index (χ3n) is 3.95. The summed E-state index contributed by atoms with van der Waals surface area (Å²) in [6.45, 7) is 2.55. The van der Waals surface area contributed by atoms with E-state index >= 15 is 0 Å². The summed E-state index contributed by atoms with van der Waals surface area (Å²) in [4.78, 5) is 17.2. The largest absolute Gasteiger partial charge is 0.382 e. The van der Waals surface area contributed by atoms with Gasteiger partial charge in [0.2, 0.25) is 0 Å². The molecule has 0 unspecified atom stereocenters. The highest BCUT2D eigenvalue weighted by Crippen LogP contribution is 2.23. The van der Waals surface area contributed by atoms with Crippen molar-refractivity contribution in [3.8, 4) is 0 Å². The van der Waals surface area contributed by atoms with Crippen LogP contribution in [0.1, 0.15) is 21.6 Å². The van der Waals surface area contributed by atoms with E-state index in [4.69, 9.17) is 4.84 Å². The maximum atomic E-state index is 12.2. The first-order valence-corrected chi connectivity index (χ1v) is 7.16. The van der Waals surface area contributed by atoms with Crippen LogP contribution in [0.15, 0.2) is 59.8 Å². The number of fused-ring (bicyclic) bond motifs is 3. The lowest BCUT2D eigenvalue weighted by Crippen LogP contribution is -2.12. The topological polar surface area (TPSA) is 43.6 Å². The highest BCUT2D eigenvalue weighted by molar-refractivity contribution is 6.04. The Morgan fingerprint density at radius 1 is 1.09 bits per heavy atom. The van der Waals surface area contributed by atoms with Crippen LogP contribution in [0.5, 0.6) is 0 Å². The fourth-order valence-corrected chi connectivity index (χ4v) is 2.76. The summed E-state index contributed by atoms with van der Waals surface area (Å²) in [5.41, 5.74) is 4.43. The third-order valence-corrected chi connectivity index (χ3v) is 3.95. The molecule has 0 aliphatic carbocycles. The molecular weight excluding hydrogens is 276 g/mol. The van der Waals surface area contributed by atoms with Gasteiger partial charge in [0.05, 0.1) is 6.54 Å². The Morgan fingerprint density at radius 2 is 1.86 bits per heavy atom. The summed E-state index contributed by atoms with van der Waals surface area (Å²) in [5.74, 6) is -0.418. The molecule has 0 atom stereocenters. The minimum absolute atomic E-state index is 0.418. The maximum absolute atomic E-state index is 12.2. The van der Waals surface area contributed by atoms with Crippen LogP contribution in [-0.2, 0) is 11.4 Å². The van der Waals surface area contributed by atoms with Crippen molar-refractivity contribution in [2.24, 2.45) is 5.16 Å². The molecule has 0 bridgehead atoms. The van der Waals surface area contributed by atoms with Gasteiger partial charge in [0, 0.05) is 16.5 Å². The van der Waals surface area contributed by atoms with Crippen LogP contribution in [0.3, 0.4) is 0 Å². The molecule has 1 aliphatic heterocycles. The molecule has 4 nitrogen and oxygen atoms in total. The molecule has 2 aromatic carbocycles. The predicted octanol–water partition coefficient (Wildman–Crippen LogP) is 3.52. The molecule has 3 aromatic rings. The second-order valence-electron chi connectivity index (χ2n) is 5.46. The van der Waals surface area contributed by atoms with Gasteiger partial charge in [-0.2, -0.15) is 0 Å². The highest BCUT2D eigenvalue weighted by Gasteiger charge is 2.22. The Hall–Kier alpha value is -2.88. The van der Waals surface area contributed by atoms with Crippen LogP contribution < -0.4 is 0 Å². The molecule has 22 heavy (non-hydrogen) atoms. The minimum Gasteiger partial charge on any atom is -0.329 e. The van der Waals surface area contributed by atoms with Crippen molar-refractivity contribution in [1.29, 1.82) is 0 Å². The van der Waals surface area contributed by atoms with E-state index < -0.39 is 5.97 Å². The van der Waals surface area contributed by atoms with Gasteiger partial charge in [0.25, 0.3) is 0 Å². The molecule has 4 heteroatoms. The first-order valence-electron chi connectivity index (χ1n) is 7.16. The predicted molar refractivity (Wildman–Crippen MR) is 85.1 cm³/mol. The van der Waals surface area contributed by atoms with Crippen molar-refractivity contribution >= 4 is 22.6 Å². The molecule has 108 valence electrons. The minimum atomic E-state index is -0.418. The van der Waals surface area contributed by atoms with Crippen LogP contribution >= 0.6 is 0 Å². The van der Waals surface area contributed by atoms with Gasteiger partial charge in [-0.05, 0) is 19.1 Å². The third kappa shape index (κ3) is 2.00. The molecular formula is C18H14N2O2. The van der Waals surface area contributed by atoms with Crippen LogP contribution in [-0.4, -0.2) is 16.2 Å². The van der Waals surface area contributed by atoms with E-state index in [0.717, 1.165) is 22.2 Å². The fraction of sp³-hybridized carbons (Fsp3) is 0.111. The van der Waals surface area contributed by atoms with Gasteiger partial charge in [-0.15, -0.1) is 0 Å².